The predicted molar refractivity (Wildman–Crippen MR) is 157 cm³/mol. The molecule has 0 unspecified atom stereocenters. The van der Waals surface area contributed by atoms with Gasteiger partial charge in [-0.05, 0) is 67.3 Å². The van der Waals surface area contributed by atoms with Gasteiger partial charge in [0.05, 0.1) is 23.6 Å². The van der Waals surface area contributed by atoms with E-state index in [4.69, 9.17) is 14.5 Å². The van der Waals surface area contributed by atoms with Crippen LogP contribution >= 0.6 is 0 Å². The fourth-order valence-electron chi connectivity index (χ4n) is 7.21. The minimum atomic E-state index is -0.909. The van der Waals surface area contributed by atoms with E-state index in [1.54, 1.807) is 6.07 Å². The van der Waals surface area contributed by atoms with Crippen molar-refractivity contribution in [3.63, 3.8) is 0 Å². The normalized spacial score (nSPS) is 24.3. The molecule has 0 spiro atoms. The number of ether oxygens (including phenoxy) is 2. The molecule has 0 amide bonds. The molecular weight excluding hydrogens is 559 g/mol. The standard InChI is InChI=1S/C32H34F3N5O3/c1-3-22-25(34)6-5-19-11-21(41)12-23(26(19)22)28-27(35)29-24(14-36-28)30(39-9-10-42-18(2)15-39)38-31(37-29)43-17-32-7-4-8-40(32)16-20(33)13-32/h5-6,11-12,14,18,20,41H,3-4,7-10,13,15-17H2,1-2H3/t18-,20-,32+/m1/s1. The third-order valence-corrected chi connectivity index (χ3v) is 9.18. The van der Waals surface area contributed by atoms with Crippen LogP contribution in [0.15, 0.2) is 30.5 Å². The summed E-state index contributed by atoms with van der Waals surface area (Å²) in [5, 5.41) is 12.0. The first-order chi connectivity index (χ1) is 20.8. The van der Waals surface area contributed by atoms with Gasteiger partial charge in [-0.25, -0.2) is 13.2 Å². The number of morpholine rings is 1. The fraction of sp³-hybridized carbons (Fsp3) is 0.469. The van der Waals surface area contributed by atoms with E-state index in [0.717, 1.165) is 19.4 Å². The zero-order valence-corrected chi connectivity index (χ0v) is 24.2. The van der Waals surface area contributed by atoms with E-state index in [1.807, 2.05) is 18.7 Å². The predicted octanol–water partition coefficient (Wildman–Crippen LogP) is 5.57. The van der Waals surface area contributed by atoms with E-state index < -0.39 is 23.3 Å². The third kappa shape index (κ3) is 4.82. The number of halogens is 3. The number of aromatic nitrogens is 3. The lowest BCUT2D eigenvalue weighted by Gasteiger charge is -2.33. The van der Waals surface area contributed by atoms with Crippen molar-refractivity contribution >= 4 is 27.5 Å². The van der Waals surface area contributed by atoms with Gasteiger partial charge in [-0.1, -0.05) is 13.0 Å². The molecule has 0 bridgehead atoms. The van der Waals surface area contributed by atoms with Crippen LogP contribution in [-0.4, -0.2) is 82.2 Å². The number of anilines is 1. The molecular formula is C32H34F3N5O3. The maximum Gasteiger partial charge on any atom is 0.319 e. The van der Waals surface area contributed by atoms with Crippen molar-refractivity contribution in [1.29, 1.82) is 0 Å². The van der Waals surface area contributed by atoms with Crippen LogP contribution < -0.4 is 9.64 Å². The number of aromatic hydroxyl groups is 1. The van der Waals surface area contributed by atoms with Crippen LogP contribution in [0.1, 0.15) is 38.7 Å². The van der Waals surface area contributed by atoms with E-state index in [1.165, 1.54) is 24.4 Å². The average Bonchev–Trinajstić information content (AvgIpc) is 3.51. The first kappa shape index (κ1) is 28.1. The molecule has 226 valence electrons. The second kappa shape index (κ2) is 10.8. The summed E-state index contributed by atoms with van der Waals surface area (Å²) >= 11 is 0. The van der Waals surface area contributed by atoms with Crippen molar-refractivity contribution < 1.29 is 27.8 Å². The molecule has 8 nitrogen and oxygen atoms in total. The zero-order valence-electron chi connectivity index (χ0n) is 24.2. The molecule has 1 N–H and O–H groups in total. The molecule has 3 aliphatic heterocycles. The van der Waals surface area contributed by atoms with Gasteiger partial charge >= 0.3 is 6.01 Å². The van der Waals surface area contributed by atoms with Gasteiger partial charge in [0.25, 0.3) is 0 Å². The van der Waals surface area contributed by atoms with Crippen LogP contribution in [0, 0.1) is 11.6 Å². The van der Waals surface area contributed by atoms with Gasteiger partial charge in [0.1, 0.15) is 41.4 Å². The minimum Gasteiger partial charge on any atom is -0.508 e. The number of nitrogens with zero attached hydrogens (tertiary/aromatic N) is 5. The summed E-state index contributed by atoms with van der Waals surface area (Å²) < 4.78 is 57.9. The molecule has 3 saturated heterocycles. The van der Waals surface area contributed by atoms with Gasteiger partial charge in [-0.3, -0.25) is 9.88 Å². The smallest absolute Gasteiger partial charge is 0.319 e. The highest BCUT2D eigenvalue weighted by molar-refractivity contribution is 6.01. The van der Waals surface area contributed by atoms with Crippen molar-refractivity contribution in [2.75, 3.05) is 44.3 Å². The average molecular weight is 594 g/mol. The Morgan fingerprint density at radius 3 is 2.84 bits per heavy atom. The molecule has 0 radical (unpaired) electrons. The van der Waals surface area contributed by atoms with Crippen molar-refractivity contribution in [3.8, 4) is 23.0 Å². The number of alkyl halides is 1. The number of fused-ring (bicyclic) bond motifs is 3. The minimum absolute atomic E-state index is 0.00212. The number of phenolic OH excluding ortho intramolecular Hbond substituents is 1. The summed E-state index contributed by atoms with van der Waals surface area (Å²) in [5.74, 6) is -0.747. The van der Waals surface area contributed by atoms with E-state index in [2.05, 4.69) is 14.9 Å². The Bertz CT molecular complexity index is 1720. The van der Waals surface area contributed by atoms with Crippen molar-refractivity contribution in [3.05, 3.63) is 47.7 Å². The topological polar surface area (TPSA) is 83.8 Å². The number of aryl methyl sites for hydroxylation is 1. The number of pyridine rings is 1. The van der Waals surface area contributed by atoms with Crippen LogP contribution in [0.3, 0.4) is 0 Å². The molecule has 11 heteroatoms. The molecule has 2 aromatic carbocycles. The zero-order chi connectivity index (χ0) is 29.9. The number of hydrogen-bond acceptors (Lipinski definition) is 8. The van der Waals surface area contributed by atoms with Crippen LogP contribution in [0.25, 0.3) is 32.9 Å². The Balaban J connectivity index is 1.37. The molecule has 2 aromatic heterocycles. The molecule has 3 aliphatic rings. The summed E-state index contributed by atoms with van der Waals surface area (Å²) in [6.45, 7) is 6.75. The quantitative estimate of drug-likeness (QED) is 0.311. The van der Waals surface area contributed by atoms with Crippen LogP contribution in [0.5, 0.6) is 11.8 Å². The molecule has 5 heterocycles. The molecule has 43 heavy (non-hydrogen) atoms. The highest BCUT2D eigenvalue weighted by atomic mass is 19.1. The largest absolute Gasteiger partial charge is 0.508 e. The Hall–Kier alpha value is -3.70. The summed E-state index contributed by atoms with van der Waals surface area (Å²) in [6, 6.07) is 5.85. The van der Waals surface area contributed by atoms with E-state index in [0.29, 0.717) is 66.6 Å². The Morgan fingerprint density at radius 1 is 1.16 bits per heavy atom. The van der Waals surface area contributed by atoms with E-state index in [9.17, 15) is 13.9 Å². The van der Waals surface area contributed by atoms with Crippen LogP contribution in [0.4, 0.5) is 19.0 Å². The molecule has 0 aliphatic carbocycles. The van der Waals surface area contributed by atoms with Crippen molar-refractivity contribution in [2.24, 2.45) is 0 Å². The second-order valence-corrected chi connectivity index (χ2v) is 12.0. The Morgan fingerprint density at radius 2 is 2.02 bits per heavy atom. The van der Waals surface area contributed by atoms with E-state index >= 15 is 4.39 Å². The van der Waals surface area contributed by atoms with Gasteiger partial charge in [-0.2, -0.15) is 9.97 Å². The summed E-state index contributed by atoms with van der Waals surface area (Å²) in [6.07, 6.45) is 3.09. The summed E-state index contributed by atoms with van der Waals surface area (Å²) in [4.78, 5) is 17.9. The SMILES string of the molecule is CCc1c(F)ccc2cc(O)cc(-c3ncc4c(N5CCO[C@H](C)C5)nc(OC[C@@]56CCCN5C[C@H](F)C6)nc4c3F)c12. The molecule has 7 rings (SSSR count). The lowest BCUT2D eigenvalue weighted by molar-refractivity contribution is 0.0529. The number of phenols is 1. The summed E-state index contributed by atoms with van der Waals surface area (Å²) in [5.41, 5.74) is 0.205. The fourth-order valence-corrected chi connectivity index (χ4v) is 7.21. The first-order valence-electron chi connectivity index (χ1n) is 15.0. The van der Waals surface area contributed by atoms with Crippen molar-refractivity contribution in [2.45, 2.75) is 57.3 Å². The molecule has 3 fully saturated rings. The second-order valence-electron chi connectivity index (χ2n) is 12.0. The van der Waals surface area contributed by atoms with Crippen LogP contribution in [-0.2, 0) is 11.2 Å². The first-order valence-corrected chi connectivity index (χ1v) is 15.0. The van der Waals surface area contributed by atoms with Gasteiger partial charge in [0, 0.05) is 37.8 Å². The highest BCUT2D eigenvalue weighted by Crippen LogP contribution is 2.42. The van der Waals surface area contributed by atoms with Crippen LogP contribution in [0.2, 0.25) is 0 Å². The van der Waals surface area contributed by atoms with Gasteiger partial charge in [-0.15, -0.1) is 0 Å². The third-order valence-electron chi connectivity index (χ3n) is 9.18. The molecule has 4 aromatic rings. The lowest BCUT2D eigenvalue weighted by atomic mass is 9.94. The summed E-state index contributed by atoms with van der Waals surface area (Å²) in [7, 11) is 0. The number of rotatable bonds is 6. The van der Waals surface area contributed by atoms with Gasteiger partial charge in [0.15, 0.2) is 5.82 Å². The van der Waals surface area contributed by atoms with E-state index in [-0.39, 0.29) is 41.2 Å². The van der Waals surface area contributed by atoms with Crippen molar-refractivity contribution in [1.82, 2.24) is 19.9 Å². The monoisotopic (exact) mass is 593 g/mol. The molecule has 0 saturated carbocycles. The number of hydrogen-bond donors (Lipinski definition) is 1. The lowest BCUT2D eigenvalue weighted by Crippen LogP contribution is -2.44. The maximum atomic E-state index is 16.7. The highest BCUT2D eigenvalue weighted by Gasteiger charge is 2.49. The Labute approximate surface area is 247 Å². The number of benzene rings is 2. The molecule has 3 atom stereocenters. The van der Waals surface area contributed by atoms with Gasteiger partial charge in [0.2, 0.25) is 0 Å². The van der Waals surface area contributed by atoms with Gasteiger partial charge < -0.3 is 19.5 Å². The Kier molecular flexibility index (Phi) is 7.04. The maximum absolute atomic E-state index is 16.7.